The maximum atomic E-state index is 12.2. The van der Waals surface area contributed by atoms with Crippen molar-refractivity contribution in [1.29, 1.82) is 0 Å². The number of furan rings is 1. The van der Waals surface area contributed by atoms with Gasteiger partial charge in [0, 0.05) is 12.1 Å². The van der Waals surface area contributed by atoms with Crippen LogP contribution in [-0.4, -0.2) is 25.5 Å². The highest BCUT2D eigenvalue weighted by Crippen LogP contribution is 2.26. The van der Waals surface area contributed by atoms with Crippen LogP contribution in [-0.2, 0) is 10.0 Å². The first-order chi connectivity index (χ1) is 9.77. The average molecular weight is 382 g/mol. The largest absolute Gasteiger partial charge is 0.475 e. The van der Waals surface area contributed by atoms with Crippen molar-refractivity contribution < 1.29 is 22.7 Å². The second-order valence-corrected chi connectivity index (χ2v) is 7.33. The first kappa shape index (κ1) is 18.2. The van der Waals surface area contributed by atoms with Gasteiger partial charge in [-0.2, -0.15) is 0 Å². The van der Waals surface area contributed by atoms with Crippen molar-refractivity contribution in [3.05, 3.63) is 16.5 Å². The Labute approximate surface area is 133 Å². The third-order valence-electron chi connectivity index (χ3n) is 3.00. The number of carbonyl (C=O) groups is 1. The SMILES string of the molecule is CCCCCCC(C)NS(=O)(=O)c1cc(C(=O)O)oc1Br. The van der Waals surface area contributed by atoms with Crippen LogP contribution < -0.4 is 4.72 Å². The fraction of sp³-hybridized carbons (Fsp3) is 0.615. The second kappa shape index (κ2) is 7.95. The van der Waals surface area contributed by atoms with Gasteiger partial charge in [-0.1, -0.05) is 32.6 Å². The molecule has 0 aliphatic heterocycles. The lowest BCUT2D eigenvalue weighted by Gasteiger charge is -2.13. The summed E-state index contributed by atoms with van der Waals surface area (Å²) in [6.45, 7) is 3.90. The molecule has 0 bridgehead atoms. The van der Waals surface area contributed by atoms with Gasteiger partial charge < -0.3 is 9.52 Å². The highest BCUT2D eigenvalue weighted by molar-refractivity contribution is 9.10. The van der Waals surface area contributed by atoms with Gasteiger partial charge in [-0.25, -0.2) is 17.9 Å². The summed E-state index contributed by atoms with van der Waals surface area (Å²) in [6.07, 6.45) is 5.01. The van der Waals surface area contributed by atoms with Gasteiger partial charge in [0.15, 0.2) is 4.67 Å². The summed E-state index contributed by atoms with van der Waals surface area (Å²) < 4.78 is 31.7. The topological polar surface area (TPSA) is 96.6 Å². The number of sulfonamides is 1. The molecule has 0 fully saturated rings. The fourth-order valence-electron chi connectivity index (χ4n) is 1.91. The maximum absolute atomic E-state index is 12.2. The lowest BCUT2D eigenvalue weighted by molar-refractivity contribution is 0.0661. The Morgan fingerprint density at radius 3 is 2.62 bits per heavy atom. The van der Waals surface area contributed by atoms with E-state index in [2.05, 4.69) is 27.6 Å². The van der Waals surface area contributed by atoms with Crippen molar-refractivity contribution in [3.63, 3.8) is 0 Å². The van der Waals surface area contributed by atoms with E-state index in [1.807, 2.05) is 0 Å². The molecule has 0 radical (unpaired) electrons. The van der Waals surface area contributed by atoms with E-state index in [-0.39, 0.29) is 15.6 Å². The van der Waals surface area contributed by atoms with Gasteiger partial charge >= 0.3 is 5.97 Å². The molecule has 6 nitrogen and oxygen atoms in total. The van der Waals surface area contributed by atoms with Crippen LogP contribution in [0.1, 0.15) is 56.5 Å². The molecule has 1 rings (SSSR count). The minimum atomic E-state index is -3.80. The van der Waals surface area contributed by atoms with E-state index >= 15 is 0 Å². The number of aromatic carboxylic acids is 1. The maximum Gasteiger partial charge on any atom is 0.371 e. The third-order valence-corrected chi connectivity index (χ3v) is 5.45. The number of nitrogens with one attached hydrogen (secondary N) is 1. The van der Waals surface area contributed by atoms with Gasteiger partial charge in [-0.15, -0.1) is 0 Å². The summed E-state index contributed by atoms with van der Waals surface area (Å²) in [5.74, 6) is -1.73. The van der Waals surface area contributed by atoms with Crippen molar-refractivity contribution in [2.24, 2.45) is 0 Å². The summed E-state index contributed by atoms with van der Waals surface area (Å²) in [7, 11) is -3.80. The number of hydrogen-bond donors (Lipinski definition) is 2. The molecule has 0 saturated heterocycles. The Morgan fingerprint density at radius 1 is 1.43 bits per heavy atom. The lowest BCUT2D eigenvalue weighted by Crippen LogP contribution is -2.32. The molecule has 0 amide bonds. The lowest BCUT2D eigenvalue weighted by atomic mass is 10.1. The Bertz CT molecular complexity index is 581. The van der Waals surface area contributed by atoms with Crippen molar-refractivity contribution >= 4 is 31.9 Å². The zero-order chi connectivity index (χ0) is 16.0. The van der Waals surface area contributed by atoms with Gasteiger partial charge in [0.1, 0.15) is 4.90 Å². The van der Waals surface area contributed by atoms with Gasteiger partial charge in [0.2, 0.25) is 15.8 Å². The zero-order valence-electron chi connectivity index (χ0n) is 12.1. The smallest absolute Gasteiger partial charge is 0.371 e. The van der Waals surface area contributed by atoms with Crippen LogP contribution in [0.2, 0.25) is 0 Å². The normalized spacial score (nSPS) is 13.3. The van der Waals surface area contributed by atoms with Crippen molar-refractivity contribution in [1.82, 2.24) is 4.72 Å². The molecule has 0 saturated carbocycles. The highest BCUT2D eigenvalue weighted by Gasteiger charge is 2.26. The molecule has 1 atom stereocenters. The summed E-state index contributed by atoms with van der Waals surface area (Å²) >= 11 is 2.94. The van der Waals surface area contributed by atoms with E-state index in [1.165, 1.54) is 0 Å². The Kier molecular flexibility index (Phi) is 6.89. The quantitative estimate of drug-likeness (QED) is 0.639. The monoisotopic (exact) mass is 381 g/mol. The molecule has 1 aromatic rings. The molecule has 0 spiro atoms. The van der Waals surface area contributed by atoms with Crippen LogP contribution in [0.4, 0.5) is 0 Å². The predicted molar refractivity (Wildman–Crippen MR) is 81.9 cm³/mol. The molecule has 1 heterocycles. The van der Waals surface area contributed by atoms with E-state index in [1.54, 1.807) is 6.92 Å². The molecule has 0 aliphatic rings. The molecule has 2 N–H and O–H groups in total. The van der Waals surface area contributed by atoms with Gasteiger partial charge in [0.25, 0.3) is 0 Å². The zero-order valence-corrected chi connectivity index (χ0v) is 14.5. The molecular formula is C13H20BrNO5S. The first-order valence-corrected chi connectivity index (χ1v) is 9.10. The summed E-state index contributed by atoms with van der Waals surface area (Å²) in [4.78, 5) is 10.6. The van der Waals surface area contributed by atoms with E-state index in [9.17, 15) is 13.2 Å². The van der Waals surface area contributed by atoms with E-state index in [0.717, 1.165) is 38.2 Å². The number of carboxylic acids is 1. The van der Waals surface area contributed by atoms with Crippen LogP contribution in [0.15, 0.2) is 20.0 Å². The Hall–Kier alpha value is -0.860. The molecule has 0 aliphatic carbocycles. The van der Waals surface area contributed by atoms with Crippen LogP contribution in [0.3, 0.4) is 0 Å². The van der Waals surface area contributed by atoms with Gasteiger partial charge in [0.05, 0.1) is 0 Å². The molecule has 21 heavy (non-hydrogen) atoms. The summed E-state index contributed by atoms with van der Waals surface area (Å²) in [5.41, 5.74) is 0. The van der Waals surface area contributed by atoms with Crippen molar-refractivity contribution in [2.75, 3.05) is 0 Å². The summed E-state index contributed by atoms with van der Waals surface area (Å²) in [6, 6.07) is 0.778. The minimum absolute atomic E-state index is 0.106. The van der Waals surface area contributed by atoms with Crippen LogP contribution >= 0.6 is 15.9 Å². The fourth-order valence-corrected chi connectivity index (χ4v) is 4.12. The molecular weight excluding hydrogens is 362 g/mol. The first-order valence-electron chi connectivity index (χ1n) is 6.83. The number of halogens is 1. The van der Waals surface area contributed by atoms with Crippen LogP contribution in [0, 0.1) is 0 Å². The molecule has 0 aromatic carbocycles. The van der Waals surface area contributed by atoms with Gasteiger partial charge in [-0.3, -0.25) is 0 Å². The van der Waals surface area contributed by atoms with Crippen LogP contribution in [0.25, 0.3) is 0 Å². The molecule has 1 aromatic heterocycles. The average Bonchev–Trinajstić information content (AvgIpc) is 2.77. The molecule has 120 valence electrons. The summed E-state index contributed by atoms with van der Waals surface area (Å²) in [5, 5.41) is 8.81. The van der Waals surface area contributed by atoms with E-state index < -0.39 is 21.8 Å². The Balaban J connectivity index is 2.70. The molecule has 8 heteroatoms. The molecule has 1 unspecified atom stereocenters. The van der Waals surface area contributed by atoms with Crippen molar-refractivity contribution in [3.8, 4) is 0 Å². The third kappa shape index (κ3) is 5.44. The standard InChI is InChI=1S/C13H20BrNO5S/c1-3-4-5-6-7-9(2)15-21(18,19)11-8-10(13(16)17)20-12(11)14/h8-9,15H,3-7H2,1-2H3,(H,16,17). The van der Waals surface area contributed by atoms with E-state index in [0.29, 0.717) is 0 Å². The van der Waals surface area contributed by atoms with E-state index in [4.69, 9.17) is 9.52 Å². The second-order valence-electron chi connectivity index (χ2n) is 4.93. The Morgan fingerprint density at radius 2 is 2.10 bits per heavy atom. The number of hydrogen-bond acceptors (Lipinski definition) is 4. The van der Waals surface area contributed by atoms with Gasteiger partial charge in [-0.05, 0) is 29.3 Å². The van der Waals surface area contributed by atoms with Crippen LogP contribution in [0.5, 0.6) is 0 Å². The highest BCUT2D eigenvalue weighted by atomic mass is 79.9. The number of rotatable bonds is 9. The number of unbranched alkanes of at least 4 members (excludes halogenated alkanes) is 3. The van der Waals surface area contributed by atoms with Crippen molar-refractivity contribution in [2.45, 2.75) is 56.9 Å². The predicted octanol–water partition coefficient (Wildman–Crippen LogP) is 3.38. The number of carboxylic acid groups (broad SMARTS) is 1. The minimum Gasteiger partial charge on any atom is -0.475 e.